The molecule has 0 amide bonds. The van der Waals surface area contributed by atoms with Crippen molar-refractivity contribution < 1.29 is 45.3 Å². The summed E-state index contributed by atoms with van der Waals surface area (Å²) in [5, 5.41) is 10.1. The number of terminal acetylenes is 1. The van der Waals surface area contributed by atoms with Crippen molar-refractivity contribution in [2.24, 2.45) is 0 Å². The molecule has 4 aliphatic rings. The lowest BCUT2D eigenvalue weighted by Gasteiger charge is -2.41. The molecule has 22 nitrogen and oxygen atoms in total. The van der Waals surface area contributed by atoms with Crippen molar-refractivity contribution in [3.63, 3.8) is 0 Å². The van der Waals surface area contributed by atoms with Crippen molar-refractivity contribution in [1.82, 2.24) is 29.7 Å². The van der Waals surface area contributed by atoms with E-state index in [4.69, 9.17) is 75.4 Å². The molecule has 0 unspecified atom stereocenters. The van der Waals surface area contributed by atoms with Crippen LogP contribution in [0.5, 0.6) is 23.0 Å². The summed E-state index contributed by atoms with van der Waals surface area (Å²) in [6.45, 7) is 16.2. The lowest BCUT2D eigenvalue weighted by Crippen LogP contribution is -2.49. The molecule has 6 heterocycles. The highest BCUT2D eigenvalue weighted by atomic mass is 35.5. The fourth-order valence-corrected chi connectivity index (χ4v) is 14.1. The number of nitrogen functional groups attached to an aromatic ring is 1. The monoisotopic (exact) mass is 1440 g/mol. The van der Waals surface area contributed by atoms with Gasteiger partial charge in [0.1, 0.15) is 33.0 Å². The van der Waals surface area contributed by atoms with Gasteiger partial charge in [0, 0.05) is 123 Å². The summed E-state index contributed by atoms with van der Waals surface area (Å²) in [6, 6.07) is 20.2. The van der Waals surface area contributed by atoms with Crippen LogP contribution in [0, 0.1) is 36.5 Å². The number of nitrogens with one attached hydrogen (secondary N) is 3. The molecule has 0 atom stereocenters. The zero-order valence-electron chi connectivity index (χ0n) is 56.4. The van der Waals surface area contributed by atoms with Gasteiger partial charge in [0.05, 0.1) is 90.1 Å². The second-order valence-corrected chi connectivity index (χ2v) is 28.8. The first kappa shape index (κ1) is 79.3. The van der Waals surface area contributed by atoms with Gasteiger partial charge in [-0.05, 0) is 104 Å². The van der Waals surface area contributed by atoms with Gasteiger partial charge in [0.25, 0.3) is 0 Å². The number of anilines is 9. The van der Waals surface area contributed by atoms with Gasteiger partial charge in [-0.3, -0.25) is 15.7 Å². The Balaban J connectivity index is 0.000000240. The number of halogens is 3. The number of morpholine rings is 2. The Morgan fingerprint density at radius 2 is 1.04 bits per heavy atom. The van der Waals surface area contributed by atoms with Crippen molar-refractivity contribution >= 4 is 106 Å². The van der Waals surface area contributed by atoms with Crippen LogP contribution < -0.4 is 50.4 Å². The zero-order chi connectivity index (χ0) is 70.1. The molecule has 0 radical (unpaired) electrons. The van der Waals surface area contributed by atoms with Crippen molar-refractivity contribution in [2.45, 2.75) is 96.2 Å². The summed E-state index contributed by atoms with van der Waals surface area (Å²) in [4.78, 5) is 27.0. The number of nitrogens with two attached hydrogens (primary N) is 1. The Bertz CT molecular complexity index is 3950. The normalized spacial score (nSPS) is 15.2. The highest BCUT2D eigenvalue weighted by Gasteiger charge is 2.30. The fourth-order valence-electron chi connectivity index (χ4n) is 12.0. The van der Waals surface area contributed by atoms with E-state index in [1.807, 2.05) is 11.8 Å². The minimum absolute atomic E-state index is 0. The van der Waals surface area contributed by atoms with Crippen molar-refractivity contribution in [1.29, 1.82) is 0 Å². The molecule has 0 saturated carbocycles. The number of nitrogens with zero attached hydrogens (tertiary/aromatic N) is 8. The number of hydrogen-bond donors (Lipinski definition) is 4. The van der Waals surface area contributed by atoms with Crippen LogP contribution >= 0.6 is 34.8 Å². The molecule has 0 aliphatic carbocycles. The molecule has 27 heteroatoms. The van der Waals surface area contributed by atoms with E-state index in [1.54, 1.807) is 50.6 Å². The summed E-state index contributed by atoms with van der Waals surface area (Å²) >= 11 is 18.3. The first-order valence-corrected chi connectivity index (χ1v) is 37.3. The summed E-state index contributed by atoms with van der Waals surface area (Å²) in [7, 11) is -0.265. The molecule has 5 N–H and O–H groups in total. The van der Waals surface area contributed by atoms with Gasteiger partial charge in [0.15, 0.2) is 31.3 Å². The van der Waals surface area contributed by atoms with Crippen LogP contribution in [0.2, 0.25) is 15.3 Å². The van der Waals surface area contributed by atoms with Crippen LogP contribution in [-0.2, 0) is 53.5 Å². The number of methoxy groups -OCH3 is 4. The second-order valence-electron chi connectivity index (χ2n) is 23.4. The lowest BCUT2D eigenvalue weighted by molar-refractivity contribution is 0.0115. The van der Waals surface area contributed by atoms with Gasteiger partial charge < -0.3 is 66.3 Å². The van der Waals surface area contributed by atoms with E-state index in [1.165, 1.54) is 68.2 Å². The number of sulfone groups is 2. The maximum atomic E-state index is 12.2. The molecule has 10 rings (SSSR count). The second kappa shape index (κ2) is 39.2. The summed E-state index contributed by atoms with van der Waals surface area (Å²) in [6.07, 6.45) is 24.9. The number of ether oxygens (including phenoxy) is 6. The first-order chi connectivity index (χ1) is 46.6. The van der Waals surface area contributed by atoms with Crippen LogP contribution in [0.4, 0.5) is 51.7 Å². The summed E-state index contributed by atoms with van der Waals surface area (Å²) in [5.74, 6) is 11.1. The SMILES string of the molecule is C.CCCc1cc(N)c(OC)cc1N1CCC(N2CCOCC2)CC1.CCCc1cc(Nc2ncc(Cl)c(Nc3cccc(OC)c3CS(C)(=O)=O)n2)c(OC)cc1N1CCC(N2CCOCC2)CC1.COc1cccc(Nc2nc(Cl)ncc2Cl)c1CS(C)(=O)=O.[C-]#CC#CC#C. The minimum Gasteiger partial charge on any atom is -0.496 e. The largest absolute Gasteiger partial charge is 0.496 e. The minimum atomic E-state index is -3.34. The Morgan fingerprint density at radius 3 is 1.46 bits per heavy atom. The standard InChI is InChI=1S/C32H43ClN6O5S.C19H31N3O2.C13H13Cl2N3O3S.C6H.CH4/c1-5-7-22-18-27(30(43-3)19-28(22)39-12-10-23(11-13-39)38-14-16-44-17-15-38)36-32-34-20-25(33)31(37-32)35-26-8-6-9-29(42-2)24(26)21-45(4,40)41;1-3-4-15-13-17(20)19(23-2)14-18(15)22-7-5-16(6-8-22)21-9-11-24-12-10-21;1-21-11-5-3-4-10(8(11)7-22(2,19)20)17-12-9(14)6-16-13(15)18-12;1-3-5-6-4-2;/h6,8-9,18-20,23H,5,7,10-17,21H2,1-4H3,(H2,34,35,36,37);13-14,16H,3-12,20H2,1-2H3;3-6H,7H2,1-2H3,(H,16,17,18);1H;1H4/q;;;-1;. The van der Waals surface area contributed by atoms with Crippen LogP contribution in [0.1, 0.15) is 82.1 Å². The van der Waals surface area contributed by atoms with E-state index in [9.17, 15) is 16.8 Å². The number of piperidine rings is 2. The molecular weight excluding hydrogens is 1350 g/mol. The molecule has 2 aromatic heterocycles. The molecule has 4 saturated heterocycles. The van der Waals surface area contributed by atoms with Crippen LogP contribution in [0.3, 0.4) is 0 Å². The van der Waals surface area contributed by atoms with Crippen LogP contribution in [0.25, 0.3) is 0 Å². The molecule has 4 aromatic carbocycles. The van der Waals surface area contributed by atoms with Gasteiger partial charge in [-0.15, -0.1) is 12.3 Å². The smallest absolute Gasteiger partial charge is 0.229 e. The zero-order valence-corrected chi connectivity index (χ0v) is 60.3. The maximum absolute atomic E-state index is 12.2. The number of aryl methyl sites for hydroxylation is 2. The molecular formula is C71H92Cl3N12O10S2-. The average molecular weight is 1440 g/mol. The van der Waals surface area contributed by atoms with E-state index in [2.05, 4.69) is 112 Å². The van der Waals surface area contributed by atoms with E-state index in [0.29, 0.717) is 63.6 Å². The van der Waals surface area contributed by atoms with Gasteiger partial charge in [-0.2, -0.15) is 9.97 Å². The summed E-state index contributed by atoms with van der Waals surface area (Å²) in [5.41, 5.74) is 14.7. The van der Waals surface area contributed by atoms with Gasteiger partial charge in [-0.1, -0.05) is 69.5 Å². The Hall–Kier alpha value is -7.67. The molecule has 6 aromatic rings. The highest BCUT2D eigenvalue weighted by molar-refractivity contribution is 7.90. The van der Waals surface area contributed by atoms with Crippen LogP contribution in [0.15, 0.2) is 73.1 Å². The molecule has 4 aliphatic heterocycles. The third-order valence-electron chi connectivity index (χ3n) is 16.5. The molecule has 0 spiro atoms. The predicted molar refractivity (Wildman–Crippen MR) is 396 cm³/mol. The van der Waals surface area contributed by atoms with Crippen molar-refractivity contribution in [2.75, 3.05) is 151 Å². The molecule has 0 bridgehead atoms. The molecule has 530 valence electrons. The van der Waals surface area contributed by atoms with Gasteiger partial charge in [-0.25, -0.2) is 32.7 Å². The Morgan fingerprint density at radius 1 is 0.602 bits per heavy atom. The maximum Gasteiger partial charge on any atom is 0.229 e. The Labute approximate surface area is 595 Å². The Kier molecular flexibility index (Phi) is 31.7. The van der Waals surface area contributed by atoms with E-state index < -0.39 is 19.7 Å². The average Bonchev–Trinajstić information content (AvgIpc) is 0.807. The molecule has 4 fully saturated rings. The fraction of sp³-hybridized carbons (Fsp3) is 0.465. The van der Waals surface area contributed by atoms with Gasteiger partial charge >= 0.3 is 0 Å². The lowest BCUT2D eigenvalue weighted by atomic mass is 9.99. The topological polar surface area (TPSA) is 250 Å². The number of hydrogen-bond acceptors (Lipinski definition) is 22. The number of benzene rings is 4. The van der Waals surface area contributed by atoms with Crippen molar-refractivity contribution in [3.05, 3.63) is 117 Å². The predicted octanol–water partition coefficient (Wildman–Crippen LogP) is 11.9. The summed E-state index contributed by atoms with van der Waals surface area (Å²) < 4.78 is 80.6. The third-order valence-corrected chi connectivity index (χ3v) is 18.9. The third kappa shape index (κ3) is 23.5. The molecule has 98 heavy (non-hydrogen) atoms. The van der Waals surface area contributed by atoms with E-state index >= 15 is 0 Å². The van der Waals surface area contributed by atoms with Crippen LogP contribution in [-0.4, -0.2) is 178 Å². The van der Waals surface area contributed by atoms with Gasteiger partial charge in [0.2, 0.25) is 11.2 Å². The quantitative estimate of drug-likeness (QED) is 0.0213. The van der Waals surface area contributed by atoms with E-state index in [0.717, 1.165) is 141 Å². The first-order valence-electron chi connectivity index (χ1n) is 32.0. The number of aromatic nitrogens is 4. The highest BCUT2D eigenvalue weighted by Crippen LogP contribution is 2.40. The van der Waals surface area contributed by atoms with E-state index in [-0.39, 0.29) is 40.1 Å². The van der Waals surface area contributed by atoms with Crippen molar-refractivity contribution in [3.8, 4) is 53.1 Å². The number of rotatable bonds is 22.